The Labute approximate surface area is 102 Å². The smallest absolute Gasteiger partial charge is 0.315 e. The van der Waals surface area contributed by atoms with E-state index in [1.54, 1.807) is 0 Å². The van der Waals surface area contributed by atoms with Gasteiger partial charge in [0.2, 0.25) is 0 Å². The number of rotatable bonds is 7. The van der Waals surface area contributed by atoms with Crippen LogP contribution < -0.4 is 10.6 Å². The van der Waals surface area contributed by atoms with Gasteiger partial charge in [-0.25, -0.2) is 4.79 Å². The second kappa shape index (κ2) is 8.61. The van der Waals surface area contributed by atoms with Crippen molar-refractivity contribution in [1.29, 1.82) is 0 Å². The number of hydrogen-bond acceptors (Lipinski definition) is 2. The maximum Gasteiger partial charge on any atom is 0.315 e. The topological polar surface area (TPSA) is 78.4 Å². The highest BCUT2D eigenvalue weighted by atomic mass is 16.4. The van der Waals surface area contributed by atoms with Crippen LogP contribution in [0, 0.1) is 5.92 Å². The quantitative estimate of drug-likeness (QED) is 0.595. The van der Waals surface area contributed by atoms with Gasteiger partial charge in [-0.2, -0.15) is 0 Å². The SMILES string of the molecule is CCCC(CNC(=O)NCC=C(C)C)C(=O)O. The minimum Gasteiger partial charge on any atom is -0.481 e. The van der Waals surface area contributed by atoms with E-state index in [0.29, 0.717) is 13.0 Å². The second-order valence-corrected chi connectivity index (χ2v) is 4.20. The van der Waals surface area contributed by atoms with E-state index in [0.717, 1.165) is 12.0 Å². The fourth-order valence-corrected chi connectivity index (χ4v) is 1.29. The summed E-state index contributed by atoms with van der Waals surface area (Å²) in [6, 6.07) is -0.329. The monoisotopic (exact) mass is 242 g/mol. The number of carbonyl (C=O) groups excluding carboxylic acids is 1. The summed E-state index contributed by atoms with van der Waals surface area (Å²) in [7, 11) is 0. The first-order valence-electron chi connectivity index (χ1n) is 5.85. The molecule has 98 valence electrons. The van der Waals surface area contributed by atoms with Gasteiger partial charge >= 0.3 is 12.0 Å². The average Bonchev–Trinajstić information content (AvgIpc) is 2.23. The third kappa shape index (κ3) is 8.30. The molecule has 1 atom stereocenters. The maximum atomic E-state index is 11.3. The van der Waals surface area contributed by atoms with Crippen LogP contribution in [0.15, 0.2) is 11.6 Å². The van der Waals surface area contributed by atoms with Crippen LogP contribution in [0.5, 0.6) is 0 Å². The van der Waals surface area contributed by atoms with Gasteiger partial charge in [0.1, 0.15) is 0 Å². The van der Waals surface area contributed by atoms with E-state index >= 15 is 0 Å². The van der Waals surface area contributed by atoms with Crippen molar-refractivity contribution >= 4 is 12.0 Å². The lowest BCUT2D eigenvalue weighted by Crippen LogP contribution is -2.39. The van der Waals surface area contributed by atoms with Gasteiger partial charge in [-0.05, 0) is 20.3 Å². The maximum absolute atomic E-state index is 11.3. The average molecular weight is 242 g/mol. The predicted octanol–water partition coefficient (Wildman–Crippen LogP) is 1.75. The zero-order valence-corrected chi connectivity index (χ0v) is 10.7. The molecule has 0 aromatic carbocycles. The van der Waals surface area contributed by atoms with Crippen LogP contribution in [0.25, 0.3) is 0 Å². The highest BCUT2D eigenvalue weighted by Crippen LogP contribution is 2.04. The molecule has 2 amide bonds. The van der Waals surface area contributed by atoms with Gasteiger partial charge in [-0.1, -0.05) is 25.0 Å². The summed E-state index contributed by atoms with van der Waals surface area (Å²) in [5.41, 5.74) is 1.12. The van der Waals surface area contributed by atoms with E-state index in [4.69, 9.17) is 5.11 Å². The lowest BCUT2D eigenvalue weighted by molar-refractivity contribution is -0.141. The van der Waals surface area contributed by atoms with Crippen LogP contribution in [0.3, 0.4) is 0 Å². The Kier molecular flexibility index (Phi) is 7.84. The number of carboxylic acid groups (broad SMARTS) is 1. The van der Waals surface area contributed by atoms with Crippen LogP contribution >= 0.6 is 0 Å². The molecule has 0 aliphatic heterocycles. The molecule has 0 aromatic rings. The fourth-order valence-electron chi connectivity index (χ4n) is 1.29. The van der Waals surface area contributed by atoms with E-state index in [1.165, 1.54) is 0 Å². The summed E-state index contributed by atoms with van der Waals surface area (Å²) in [4.78, 5) is 22.1. The molecular weight excluding hydrogens is 220 g/mol. The first kappa shape index (κ1) is 15.5. The molecule has 5 nitrogen and oxygen atoms in total. The molecule has 0 fully saturated rings. The summed E-state index contributed by atoms with van der Waals surface area (Å²) in [5.74, 6) is -1.37. The van der Waals surface area contributed by atoms with E-state index in [9.17, 15) is 9.59 Å². The molecule has 17 heavy (non-hydrogen) atoms. The number of urea groups is 1. The molecule has 3 N–H and O–H groups in total. The van der Waals surface area contributed by atoms with E-state index in [1.807, 2.05) is 26.8 Å². The van der Waals surface area contributed by atoms with E-state index in [2.05, 4.69) is 10.6 Å². The number of nitrogens with one attached hydrogen (secondary N) is 2. The molecule has 0 heterocycles. The van der Waals surface area contributed by atoms with Crippen LogP contribution in [-0.4, -0.2) is 30.2 Å². The number of amides is 2. The molecule has 1 unspecified atom stereocenters. The van der Waals surface area contributed by atoms with Crippen LogP contribution in [0.1, 0.15) is 33.6 Å². The largest absolute Gasteiger partial charge is 0.481 e. The Morgan fingerprint density at radius 3 is 2.41 bits per heavy atom. The van der Waals surface area contributed by atoms with Crippen molar-refractivity contribution in [2.45, 2.75) is 33.6 Å². The Morgan fingerprint density at radius 2 is 1.94 bits per heavy atom. The Morgan fingerprint density at radius 1 is 1.29 bits per heavy atom. The van der Waals surface area contributed by atoms with E-state index in [-0.39, 0.29) is 12.6 Å². The van der Waals surface area contributed by atoms with Gasteiger partial charge in [0.05, 0.1) is 5.92 Å². The molecular formula is C12H22N2O3. The van der Waals surface area contributed by atoms with Gasteiger partial charge in [-0.3, -0.25) is 4.79 Å². The van der Waals surface area contributed by atoms with Gasteiger partial charge in [0.25, 0.3) is 0 Å². The fraction of sp³-hybridized carbons (Fsp3) is 0.667. The zero-order chi connectivity index (χ0) is 13.3. The summed E-state index contributed by atoms with van der Waals surface area (Å²) < 4.78 is 0. The number of allylic oxidation sites excluding steroid dienone is 1. The lowest BCUT2D eigenvalue weighted by atomic mass is 10.0. The van der Waals surface area contributed by atoms with Crippen LogP contribution in [-0.2, 0) is 4.79 Å². The number of hydrogen-bond donors (Lipinski definition) is 3. The second-order valence-electron chi connectivity index (χ2n) is 4.20. The summed E-state index contributed by atoms with van der Waals surface area (Å²) >= 11 is 0. The van der Waals surface area contributed by atoms with Crippen molar-refractivity contribution in [3.63, 3.8) is 0 Å². The summed E-state index contributed by atoms with van der Waals surface area (Å²) in [6.07, 6.45) is 3.25. The first-order chi connectivity index (χ1) is 7.97. The Bertz CT molecular complexity index is 283. The molecule has 5 heteroatoms. The van der Waals surface area contributed by atoms with Crippen molar-refractivity contribution in [3.05, 3.63) is 11.6 Å². The van der Waals surface area contributed by atoms with Gasteiger partial charge in [0.15, 0.2) is 0 Å². The van der Waals surface area contributed by atoms with E-state index < -0.39 is 11.9 Å². The molecule has 0 aromatic heterocycles. The molecule has 0 rings (SSSR count). The third-order valence-corrected chi connectivity index (χ3v) is 2.27. The van der Waals surface area contributed by atoms with Gasteiger partial charge < -0.3 is 15.7 Å². The van der Waals surface area contributed by atoms with Crippen molar-refractivity contribution in [1.82, 2.24) is 10.6 Å². The normalized spacial score (nSPS) is 11.5. The molecule has 0 aliphatic rings. The molecule has 0 radical (unpaired) electrons. The highest BCUT2D eigenvalue weighted by Gasteiger charge is 2.16. The van der Waals surface area contributed by atoms with Crippen LogP contribution in [0.2, 0.25) is 0 Å². The van der Waals surface area contributed by atoms with Crippen molar-refractivity contribution in [2.75, 3.05) is 13.1 Å². The number of carbonyl (C=O) groups is 2. The highest BCUT2D eigenvalue weighted by molar-refractivity contribution is 5.75. The summed E-state index contributed by atoms with van der Waals surface area (Å²) in [6.45, 7) is 6.44. The Balaban J connectivity index is 3.88. The minimum atomic E-state index is -0.864. The molecule has 0 bridgehead atoms. The van der Waals surface area contributed by atoms with Gasteiger partial charge in [-0.15, -0.1) is 0 Å². The van der Waals surface area contributed by atoms with Gasteiger partial charge in [0, 0.05) is 13.1 Å². The zero-order valence-electron chi connectivity index (χ0n) is 10.7. The minimum absolute atomic E-state index is 0.170. The summed E-state index contributed by atoms with van der Waals surface area (Å²) in [5, 5.41) is 14.1. The molecule has 0 spiro atoms. The van der Waals surface area contributed by atoms with Crippen molar-refractivity contribution in [3.8, 4) is 0 Å². The number of aliphatic carboxylic acids is 1. The Hall–Kier alpha value is -1.52. The standard InChI is InChI=1S/C12H22N2O3/c1-4-5-10(11(15)16)8-14-12(17)13-7-6-9(2)3/h6,10H,4-5,7-8H2,1-3H3,(H,15,16)(H2,13,14,17). The lowest BCUT2D eigenvalue weighted by Gasteiger charge is -2.12. The third-order valence-electron chi connectivity index (χ3n) is 2.27. The molecule has 0 saturated heterocycles. The number of carboxylic acids is 1. The molecule has 0 aliphatic carbocycles. The first-order valence-corrected chi connectivity index (χ1v) is 5.85. The van der Waals surface area contributed by atoms with Crippen molar-refractivity contribution < 1.29 is 14.7 Å². The molecule has 0 saturated carbocycles. The van der Waals surface area contributed by atoms with Crippen LogP contribution in [0.4, 0.5) is 4.79 Å². The van der Waals surface area contributed by atoms with Crippen molar-refractivity contribution in [2.24, 2.45) is 5.92 Å². The predicted molar refractivity (Wildman–Crippen MR) is 66.9 cm³/mol.